The molecule has 0 aromatic carbocycles. The van der Waals surface area contributed by atoms with Crippen LogP contribution in [0.25, 0.3) is 0 Å². The van der Waals surface area contributed by atoms with Gasteiger partial charge >= 0.3 is 0 Å². The van der Waals surface area contributed by atoms with Gasteiger partial charge in [-0.25, -0.2) is 4.98 Å². The Hall–Kier alpha value is -1.62. The summed E-state index contributed by atoms with van der Waals surface area (Å²) in [5.74, 6) is 0.894. The SMILES string of the molecule is CCOC1CCN(c2ncccc2C(=N)N)CC1. The molecule has 1 aliphatic rings. The molecule has 0 saturated carbocycles. The topological polar surface area (TPSA) is 75.2 Å². The van der Waals surface area contributed by atoms with Gasteiger partial charge in [0.2, 0.25) is 0 Å². The fourth-order valence-corrected chi connectivity index (χ4v) is 2.33. The van der Waals surface area contributed by atoms with Crippen LogP contribution in [0.1, 0.15) is 25.3 Å². The van der Waals surface area contributed by atoms with Crippen molar-refractivity contribution >= 4 is 11.7 Å². The van der Waals surface area contributed by atoms with Crippen molar-refractivity contribution in [2.45, 2.75) is 25.9 Å². The van der Waals surface area contributed by atoms with Crippen LogP contribution in [0.3, 0.4) is 0 Å². The van der Waals surface area contributed by atoms with Crippen molar-refractivity contribution in [1.82, 2.24) is 4.98 Å². The molecule has 0 aliphatic carbocycles. The average molecular weight is 248 g/mol. The zero-order valence-corrected chi connectivity index (χ0v) is 10.7. The summed E-state index contributed by atoms with van der Waals surface area (Å²) in [7, 11) is 0. The summed E-state index contributed by atoms with van der Waals surface area (Å²) in [4.78, 5) is 6.55. The lowest BCUT2D eigenvalue weighted by atomic mass is 10.1. The lowest BCUT2D eigenvalue weighted by Gasteiger charge is -2.33. The van der Waals surface area contributed by atoms with Gasteiger partial charge in [-0.1, -0.05) is 0 Å². The van der Waals surface area contributed by atoms with Gasteiger partial charge in [0.15, 0.2) is 0 Å². The van der Waals surface area contributed by atoms with E-state index in [1.807, 2.05) is 19.1 Å². The van der Waals surface area contributed by atoms with E-state index in [0.29, 0.717) is 11.7 Å². The maximum absolute atomic E-state index is 7.59. The summed E-state index contributed by atoms with van der Waals surface area (Å²) in [5.41, 5.74) is 6.30. The van der Waals surface area contributed by atoms with Gasteiger partial charge in [-0.05, 0) is 31.9 Å². The standard InChI is InChI=1S/C13H20N4O/c1-2-18-10-5-8-17(9-6-10)13-11(12(14)15)4-3-7-16-13/h3-4,7,10H,2,5-6,8-9H2,1H3,(H3,14,15). The molecule has 1 aliphatic heterocycles. The highest BCUT2D eigenvalue weighted by Gasteiger charge is 2.22. The lowest BCUT2D eigenvalue weighted by molar-refractivity contribution is 0.0458. The molecule has 1 fully saturated rings. The van der Waals surface area contributed by atoms with Crippen molar-refractivity contribution in [2.24, 2.45) is 5.73 Å². The number of piperidine rings is 1. The molecule has 5 nitrogen and oxygen atoms in total. The normalized spacial score (nSPS) is 16.8. The zero-order valence-electron chi connectivity index (χ0n) is 10.7. The Labute approximate surface area is 107 Å². The minimum absolute atomic E-state index is 0.0741. The summed E-state index contributed by atoms with van der Waals surface area (Å²) in [6.07, 6.45) is 4.11. The number of anilines is 1. The number of nitrogens with zero attached hydrogens (tertiary/aromatic N) is 2. The van der Waals surface area contributed by atoms with Gasteiger partial charge in [0, 0.05) is 25.9 Å². The summed E-state index contributed by atoms with van der Waals surface area (Å²) in [6.45, 7) is 4.61. The number of aromatic nitrogens is 1. The quantitative estimate of drug-likeness (QED) is 0.623. The monoisotopic (exact) mass is 248 g/mol. The summed E-state index contributed by atoms with van der Waals surface area (Å²) >= 11 is 0. The first kappa shape index (κ1) is 12.8. The summed E-state index contributed by atoms with van der Waals surface area (Å²) in [6, 6.07) is 3.66. The second-order valence-electron chi connectivity index (χ2n) is 4.43. The van der Waals surface area contributed by atoms with Gasteiger partial charge in [-0.15, -0.1) is 0 Å². The first-order chi connectivity index (χ1) is 8.72. The number of amidine groups is 1. The molecule has 0 bridgehead atoms. The minimum atomic E-state index is 0.0741. The molecule has 0 spiro atoms. The van der Waals surface area contributed by atoms with Gasteiger partial charge in [-0.3, -0.25) is 5.41 Å². The van der Waals surface area contributed by atoms with Crippen LogP contribution in [0, 0.1) is 5.41 Å². The van der Waals surface area contributed by atoms with Crippen molar-refractivity contribution < 1.29 is 4.74 Å². The molecule has 5 heteroatoms. The third-order valence-corrected chi connectivity index (χ3v) is 3.22. The van der Waals surface area contributed by atoms with E-state index in [9.17, 15) is 0 Å². The van der Waals surface area contributed by atoms with Crippen LogP contribution in [0.15, 0.2) is 18.3 Å². The first-order valence-corrected chi connectivity index (χ1v) is 6.38. The molecule has 1 aromatic rings. The number of ether oxygens (including phenoxy) is 1. The maximum Gasteiger partial charge on any atom is 0.139 e. The minimum Gasteiger partial charge on any atom is -0.384 e. The second kappa shape index (κ2) is 5.82. The van der Waals surface area contributed by atoms with Crippen molar-refractivity contribution in [2.75, 3.05) is 24.6 Å². The first-order valence-electron chi connectivity index (χ1n) is 6.38. The van der Waals surface area contributed by atoms with E-state index in [4.69, 9.17) is 15.9 Å². The Morgan fingerprint density at radius 1 is 1.56 bits per heavy atom. The van der Waals surface area contributed by atoms with Crippen LogP contribution in [0.2, 0.25) is 0 Å². The average Bonchev–Trinajstić information content (AvgIpc) is 2.40. The highest BCUT2D eigenvalue weighted by molar-refractivity contribution is 5.99. The third kappa shape index (κ3) is 2.79. The smallest absolute Gasteiger partial charge is 0.139 e. The number of pyridine rings is 1. The number of nitrogen functional groups attached to an aromatic ring is 1. The predicted molar refractivity (Wildman–Crippen MR) is 72.1 cm³/mol. The van der Waals surface area contributed by atoms with E-state index in [2.05, 4.69) is 9.88 Å². The fourth-order valence-electron chi connectivity index (χ4n) is 2.33. The van der Waals surface area contributed by atoms with Crippen molar-refractivity contribution in [1.29, 1.82) is 5.41 Å². The van der Waals surface area contributed by atoms with Crippen LogP contribution >= 0.6 is 0 Å². The molecule has 1 aromatic heterocycles. The van der Waals surface area contributed by atoms with Crippen LogP contribution in [-0.2, 0) is 4.74 Å². The van der Waals surface area contributed by atoms with Crippen LogP contribution in [0.5, 0.6) is 0 Å². The van der Waals surface area contributed by atoms with Gasteiger partial charge in [0.25, 0.3) is 0 Å². The molecule has 3 N–H and O–H groups in total. The maximum atomic E-state index is 7.59. The molecule has 0 radical (unpaired) electrons. The van der Waals surface area contributed by atoms with Gasteiger partial charge < -0.3 is 15.4 Å². The number of hydrogen-bond donors (Lipinski definition) is 2. The van der Waals surface area contributed by atoms with E-state index in [1.54, 1.807) is 6.20 Å². The van der Waals surface area contributed by atoms with E-state index >= 15 is 0 Å². The van der Waals surface area contributed by atoms with Crippen LogP contribution < -0.4 is 10.6 Å². The highest BCUT2D eigenvalue weighted by Crippen LogP contribution is 2.22. The van der Waals surface area contributed by atoms with E-state index in [-0.39, 0.29) is 5.84 Å². The largest absolute Gasteiger partial charge is 0.384 e. The molecule has 0 amide bonds. The fraction of sp³-hybridized carbons (Fsp3) is 0.538. The third-order valence-electron chi connectivity index (χ3n) is 3.22. The summed E-state index contributed by atoms with van der Waals surface area (Å²) < 4.78 is 5.63. The van der Waals surface area contributed by atoms with Crippen molar-refractivity contribution in [3.8, 4) is 0 Å². The van der Waals surface area contributed by atoms with E-state index in [1.165, 1.54) is 0 Å². The molecule has 2 rings (SSSR count). The molecule has 98 valence electrons. The molecular formula is C13H20N4O. The molecule has 18 heavy (non-hydrogen) atoms. The van der Waals surface area contributed by atoms with E-state index in [0.717, 1.165) is 38.4 Å². The molecule has 1 saturated heterocycles. The Morgan fingerprint density at radius 2 is 2.28 bits per heavy atom. The Bertz CT molecular complexity index is 413. The Morgan fingerprint density at radius 3 is 2.89 bits per heavy atom. The van der Waals surface area contributed by atoms with Crippen molar-refractivity contribution in [3.05, 3.63) is 23.9 Å². The van der Waals surface area contributed by atoms with Gasteiger partial charge in [0.05, 0.1) is 11.7 Å². The predicted octanol–water partition coefficient (Wildman–Crippen LogP) is 1.37. The molecule has 0 atom stereocenters. The van der Waals surface area contributed by atoms with Crippen molar-refractivity contribution in [3.63, 3.8) is 0 Å². The lowest BCUT2D eigenvalue weighted by Crippen LogP contribution is -2.38. The van der Waals surface area contributed by atoms with Crippen LogP contribution in [0.4, 0.5) is 5.82 Å². The second-order valence-corrected chi connectivity index (χ2v) is 4.43. The van der Waals surface area contributed by atoms with E-state index < -0.39 is 0 Å². The van der Waals surface area contributed by atoms with Crippen LogP contribution in [-0.4, -0.2) is 36.6 Å². The molecule has 2 heterocycles. The van der Waals surface area contributed by atoms with Gasteiger partial charge in [0.1, 0.15) is 11.7 Å². The Balaban J connectivity index is 2.07. The zero-order chi connectivity index (χ0) is 13.0. The molecule has 0 unspecified atom stereocenters. The summed E-state index contributed by atoms with van der Waals surface area (Å²) in [5, 5.41) is 7.59. The number of nitrogens with two attached hydrogens (primary N) is 1. The number of rotatable bonds is 4. The Kier molecular flexibility index (Phi) is 4.15. The van der Waals surface area contributed by atoms with Gasteiger partial charge in [-0.2, -0.15) is 0 Å². The number of nitrogens with one attached hydrogen (secondary N) is 1. The highest BCUT2D eigenvalue weighted by atomic mass is 16.5. The number of hydrogen-bond acceptors (Lipinski definition) is 4. The molecular weight excluding hydrogens is 228 g/mol.